The quantitative estimate of drug-likeness (QED) is 0.552. The summed E-state index contributed by atoms with van der Waals surface area (Å²) >= 11 is 0. The molecule has 0 aliphatic heterocycles. The number of carboxylic acids is 1. The second-order valence-electron chi connectivity index (χ2n) is 4.43. The van der Waals surface area contributed by atoms with Crippen LogP contribution in [0.2, 0.25) is 0 Å². The lowest BCUT2D eigenvalue weighted by molar-refractivity contribution is -0.137. The Morgan fingerprint density at radius 1 is 1.32 bits per heavy atom. The number of carboxylic acid groups (broad SMARTS) is 1. The van der Waals surface area contributed by atoms with Crippen LogP contribution >= 0.6 is 7.29 Å². The highest BCUT2D eigenvalue weighted by molar-refractivity contribution is 7.62. The molecule has 2 unspecified atom stereocenters. The monoisotopic (exact) mass is 286 g/mol. The molecule has 0 radical (unpaired) electrons. The highest BCUT2D eigenvalue weighted by Gasteiger charge is 2.34. The van der Waals surface area contributed by atoms with Gasteiger partial charge in [0.05, 0.1) is 5.78 Å². The second kappa shape index (κ2) is 6.82. The molecule has 0 fully saturated rings. The van der Waals surface area contributed by atoms with Crippen LogP contribution in [0, 0.1) is 0 Å². The maximum Gasteiger partial charge on any atom is 0.303 e. The van der Waals surface area contributed by atoms with E-state index in [0.29, 0.717) is 0 Å². The van der Waals surface area contributed by atoms with Crippen LogP contribution in [0.3, 0.4) is 0 Å². The Bertz CT molecular complexity index is 466. The van der Waals surface area contributed by atoms with Crippen molar-refractivity contribution in [2.45, 2.75) is 30.9 Å². The van der Waals surface area contributed by atoms with Crippen molar-refractivity contribution in [3.8, 4) is 0 Å². The Kier molecular flexibility index (Phi) is 5.69. The van der Waals surface area contributed by atoms with E-state index in [0.717, 1.165) is 5.56 Å². The minimum Gasteiger partial charge on any atom is -0.481 e. The molecule has 0 aliphatic carbocycles. The predicted octanol–water partition coefficient (Wildman–Crippen LogP) is 0.934. The largest absolute Gasteiger partial charge is 0.481 e. The Morgan fingerprint density at radius 2 is 1.89 bits per heavy atom. The topological polar surface area (TPSA) is 127 Å². The number of benzene rings is 1. The fourth-order valence-electron chi connectivity index (χ4n) is 1.66. The van der Waals surface area contributed by atoms with Crippen LogP contribution in [0.15, 0.2) is 30.3 Å². The molecule has 1 aromatic carbocycles. The first-order valence-corrected chi connectivity index (χ1v) is 7.83. The summed E-state index contributed by atoms with van der Waals surface area (Å²) in [7, 11) is -3.53. The highest BCUT2D eigenvalue weighted by atomic mass is 31.2. The Hall–Kier alpha value is -1.20. The molecule has 0 heterocycles. The molecule has 106 valence electrons. The summed E-state index contributed by atoms with van der Waals surface area (Å²) in [5.41, 5.74) is 12.1. The third kappa shape index (κ3) is 4.76. The highest BCUT2D eigenvalue weighted by Crippen LogP contribution is 2.46. The molecule has 0 bridgehead atoms. The van der Waals surface area contributed by atoms with Gasteiger partial charge in [-0.3, -0.25) is 10.3 Å². The standard InChI is InChI=1S/C12H19N2O4P/c13-10(6-7-11(15)16)19(14,18)12(17)8-9-4-2-1-3-5-9/h1-5,10,12,17H,6-8,13H2,(H2,14,18)(H,15,16)/t10?,12-,19?/m1/s1. The fraction of sp³-hybridized carbons (Fsp3) is 0.417. The minimum absolute atomic E-state index is 0.0189. The van der Waals surface area contributed by atoms with Gasteiger partial charge in [0.1, 0.15) is 5.85 Å². The molecule has 0 amide bonds. The number of hydrogen-bond donors (Lipinski definition) is 4. The summed E-state index contributed by atoms with van der Waals surface area (Å²) in [6.07, 6.45) is -0.106. The summed E-state index contributed by atoms with van der Waals surface area (Å²) in [4.78, 5) is 10.4. The molecule has 0 aliphatic rings. The Labute approximate surface area is 111 Å². The first-order chi connectivity index (χ1) is 8.84. The van der Waals surface area contributed by atoms with E-state index in [1.807, 2.05) is 6.07 Å². The van der Waals surface area contributed by atoms with Crippen molar-refractivity contribution < 1.29 is 19.6 Å². The third-order valence-corrected chi connectivity index (χ3v) is 5.31. The maximum absolute atomic E-state index is 12.2. The molecule has 0 saturated carbocycles. The normalized spacial score (nSPS) is 17.4. The van der Waals surface area contributed by atoms with Crippen molar-refractivity contribution in [3.63, 3.8) is 0 Å². The summed E-state index contributed by atoms with van der Waals surface area (Å²) < 4.78 is 12.2. The fourth-order valence-corrected chi connectivity index (χ4v) is 3.13. The average molecular weight is 286 g/mol. The Balaban J connectivity index is 2.65. The molecule has 1 rings (SSSR count). The zero-order valence-electron chi connectivity index (χ0n) is 10.5. The van der Waals surface area contributed by atoms with Gasteiger partial charge in [0, 0.05) is 12.8 Å². The van der Waals surface area contributed by atoms with E-state index in [9.17, 15) is 14.5 Å². The predicted molar refractivity (Wildman–Crippen MR) is 72.8 cm³/mol. The lowest BCUT2D eigenvalue weighted by Gasteiger charge is -2.25. The van der Waals surface area contributed by atoms with Crippen molar-refractivity contribution in [3.05, 3.63) is 35.9 Å². The number of nitrogens with two attached hydrogens (primary N) is 2. The lowest BCUT2D eigenvalue weighted by atomic mass is 10.2. The molecule has 1 aromatic rings. The third-order valence-electron chi connectivity index (χ3n) is 2.90. The maximum atomic E-state index is 12.2. The van der Waals surface area contributed by atoms with Gasteiger partial charge in [0.15, 0.2) is 7.29 Å². The van der Waals surface area contributed by atoms with Crippen LogP contribution in [0.25, 0.3) is 0 Å². The molecule has 7 heteroatoms. The summed E-state index contributed by atoms with van der Waals surface area (Å²) in [6.45, 7) is 0. The van der Waals surface area contributed by atoms with E-state index in [4.69, 9.17) is 16.3 Å². The number of aliphatic hydroxyl groups excluding tert-OH is 1. The molecule has 19 heavy (non-hydrogen) atoms. The van der Waals surface area contributed by atoms with E-state index >= 15 is 0 Å². The van der Waals surface area contributed by atoms with Gasteiger partial charge in [-0.05, 0) is 12.0 Å². The number of aliphatic carboxylic acids is 1. The zero-order valence-corrected chi connectivity index (χ0v) is 11.4. The minimum atomic E-state index is -3.53. The van der Waals surface area contributed by atoms with E-state index in [1.54, 1.807) is 24.3 Å². The first-order valence-electron chi connectivity index (χ1n) is 5.91. The van der Waals surface area contributed by atoms with Crippen LogP contribution in [-0.4, -0.2) is 27.8 Å². The first kappa shape index (κ1) is 15.9. The van der Waals surface area contributed by atoms with E-state index in [1.165, 1.54) is 0 Å². The van der Waals surface area contributed by atoms with E-state index in [2.05, 4.69) is 0 Å². The van der Waals surface area contributed by atoms with Gasteiger partial charge in [-0.15, -0.1) is 0 Å². The van der Waals surface area contributed by atoms with Gasteiger partial charge >= 0.3 is 5.97 Å². The summed E-state index contributed by atoms with van der Waals surface area (Å²) in [5.74, 6) is -3.31. The number of rotatable bonds is 7. The Morgan fingerprint density at radius 3 is 2.42 bits per heavy atom. The van der Waals surface area contributed by atoms with Gasteiger partial charge < -0.3 is 20.5 Å². The molecule has 0 spiro atoms. The average Bonchev–Trinajstić information content (AvgIpc) is 2.36. The van der Waals surface area contributed by atoms with E-state index < -0.39 is 24.9 Å². The molecule has 3 atom stereocenters. The molecular formula is C12H19N2O4P. The van der Waals surface area contributed by atoms with Crippen molar-refractivity contribution in [2.75, 3.05) is 0 Å². The summed E-state index contributed by atoms with van der Waals surface area (Å²) in [5, 5.41) is 18.5. The molecule has 6 nitrogen and oxygen atoms in total. The van der Waals surface area contributed by atoms with Crippen LogP contribution in [0.4, 0.5) is 0 Å². The molecular weight excluding hydrogens is 267 g/mol. The van der Waals surface area contributed by atoms with Gasteiger partial charge in [0.2, 0.25) is 0 Å². The van der Waals surface area contributed by atoms with Gasteiger partial charge in [-0.2, -0.15) is 0 Å². The van der Waals surface area contributed by atoms with Crippen LogP contribution < -0.4 is 11.2 Å². The van der Waals surface area contributed by atoms with E-state index in [-0.39, 0.29) is 19.3 Å². The number of carbonyl (C=O) groups is 1. The van der Waals surface area contributed by atoms with Crippen LogP contribution in [0.1, 0.15) is 18.4 Å². The van der Waals surface area contributed by atoms with Crippen molar-refractivity contribution in [2.24, 2.45) is 11.2 Å². The van der Waals surface area contributed by atoms with Crippen molar-refractivity contribution >= 4 is 13.3 Å². The smallest absolute Gasteiger partial charge is 0.303 e. The molecule has 0 aromatic heterocycles. The lowest BCUT2D eigenvalue weighted by Crippen LogP contribution is -2.32. The van der Waals surface area contributed by atoms with Gasteiger partial charge in [-0.1, -0.05) is 30.3 Å². The number of hydrogen-bond acceptors (Lipinski definition) is 4. The van der Waals surface area contributed by atoms with Crippen molar-refractivity contribution in [1.82, 2.24) is 0 Å². The second-order valence-corrected chi connectivity index (χ2v) is 7.22. The van der Waals surface area contributed by atoms with Gasteiger partial charge in [-0.25, -0.2) is 0 Å². The number of aliphatic hydroxyl groups is 1. The van der Waals surface area contributed by atoms with Crippen LogP contribution in [0.5, 0.6) is 0 Å². The summed E-state index contributed by atoms with van der Waals surface area (Å²) in [6, 6.07) is 9.00. The van der Waals surface area contributed by atoms with Gasteiger partial charge in [0.25, 0.3) is 0 Å². The van der Waals surface area contributed by atoms with Crippen LogP contribution in [-0.2, 0) is 15.8 Å². The zero-order chi connectivity index (χ0) is 14.5. The van der Waals surface area contributed by atoms with Crippen molar-refractivity contribution in [1.29, 1.82) is 0 Å². The molecule has 6 N–H and O–H groups in total. The SMILES string of the molecule is NC(CCC(=O)O)P(N)(=O)[C@@H](O)Cc1ccccc1. The molecule has 0 saturated heterocycles.